The normalized spacial score (nSPS) is 15.9. The van der Waals surface area contributed by atoms with Crippen LogP contribution in [0.25, 0.3) is 0 Å². The molecular weight excluding hydrogens is 168 g/mol. The molecule has 0 aliphatic carbocycles. The zero-order valence-corrected chi connectivity index (χ0v) is 7.31. The summed E-state index contributed by atoms with van der Waals surface area (Å²) < 4.78 is 12.5. The third-order valence-corrected chi connectivity index (χ3v) is 1.56. The van der Waals surface area contributed by atoms with Crippen LogP contribution in [0.3, 0.4) is 0 Å². The molecule has 0 saturated carbocycles. The number of carbonyl (C=O) groups is 1. The summed E-state index contributed by atoms with van der Waals surface area (Å²) in [5, 5.41) is 8.57. The van der Waals surface area contributed by atoms with Gasteiger partial charge in [-0.15, -0.1) is 0 Å². The SMILES string of the molecule is [2H][C@@H](O[C@@H](C)C(=O)O)c1ccccc1. The first-order chi connectivity index (χ1) is 6.61. The lowest BCUT2D eigenvalue weighted by atomic mass is 10.2. The molecule has 1 aromatic carbocycles. The van der Waals surface area contributed by atoms with E-state index in [-0.39, 0.29) is 0 Å². The Labute approximate surface area is 78.4 Å². The molecule has 0 unspecified atom stereocenters. The Morgan fingerprint density at radius 2 is 2.23 bits per heavy atom. The number of hydrogen-bond donors (Lipinski definition) is 1. The summed E-state index contributed by atoms with van der Waals surface area (Å²) in [5.74, 6) is -1.06. The first-order valence-corrected chi connectivity index (χ1v) is 3.96. The van der Waals surface area contributed by atoms with Crippen molar-refractivity contribution in [3.63, 3.8) is 0 Å². The van der Waals surface area contributed by atoms with Crippen molar-refractivity contribution < 1.29 is 16.0 Å². The molecule has 0 amide bonds. The van der Waals surface area contributed by atoms with Crippen molar-refractivity contribution in [2.45, 2.75) is 19.6 Å². The molecule has 0 spiro atoms. The Kier molecular flexibility index (Phi) is 2.94. The highest BCUT2D eigenvalue weighted by Crippen LogP contribution is 2.02. The summed E-state index contributed by atoms with van der Waals surface area (Å²) in [5.41, 5.74) is 0.653. The monoisotopic (exact) mass is 181 g/mol. The third kappa shape index (κ3) is 3.25. The van der Waals surface area contributed by atoms with E-state index in [9.17, 15) is 4.79 Å². The van der Waals surface area contributed by atoms with E-state index in [2.05, 4.69) is 0 Å². The molecular formula is C10H12O3. The molecule has 1 aromatic rings. The maximum Gasteiger partial charge on any atom is 0.332 e. The molecule has 0 heterocycles. The first-order valence-electron chi connectivity index (χ1n) is 4.54. The van der Waals surface area contributed by atoms with Crippen molar-refractivity contribution in [2.75, 3.05) is 0 Å². The van der Waals surface area contributed by atoms with Crippen molar-refractivity contribution in [3.05, 3.63) is 35.9 Å². The standard InChI is InChI=1S/C10H12O3/c1-8(10(11)12)13-7-9-5-3-2-4-6-9/h2-6,8H,7H2,1H3,(H,11,12)/t8-/m0/s1/i7D/t7-,8+/m1. The Bertz CT molecular complexity index is 299. The van der Waals surface area contributed by atoms with E-state index in [1.54, 1.807) is 24.3 Å². The Balaban J connectivity index is 2.59. The summed E-state index contributed by atoms with van der Waals surface area (Å²) in [4.78, 5) is 10.5. The van der Waals surface area contributed by atoms with Crippen LogP contribution in [-0.4, -0.2) is 17.2 Å². The maximum absolute atomic E-state index is 10.5. The molecule has 3 nitrogen and oxygen atoms in total. The van der Waals surface area contributed by atoms with E-state index >= 15 is 0 Å². The van der Waals surface area contributed by atoms with Gasteiger partial charge in [-0.05, 0) is 12.5 Å². The average molecular weight is 181 g/mol. The second kappa shape index (κ2) is 4.62. The fourth-order valence-corrected chi connectivity index (χ4v) is 0.770. The Morgan fingerprint density at radius 1 is 1.62 bits per heavy atom. The Hall–Kier alpha value is -1.35. The minimum Gasteiger partial charge on any atom is -0.479 e. The number of ether oxygens (including phenoxy) is 1. The predicted octanol–water partition coefficient (Wildman–Crippen LogP) is 1.68. The fourth-order valence-electron chi connectivity index (χ4n) is 0.770. The highest BCUT2D eigenvalue weighted by Gasteiger charge is 2.10. The molecule has 0 radical (unpaired) electrons. The summed E-state index contributed by atoms with van der Waals surface area (Å²) in [6.07, 6.45) is -0.960. The number of carboxylic acid groups (broad SMARTS) is 1. The van der Waals surface area contributed by atoms with Crippen LogP contribution in [0.5, 0.6) is 0 Å². The molecule has 70 valence electrons. The zero-order chi connectivity index (χ0) is 10.6. The van der Waals surface area contributed by atoms with E-state index < -0.39 is 18.7 Å². The van der Waals surface area contributed by atoms with E-state index in [1.165, 1.54) is 6.92 Å². The van der Waals surface area contributed by atoms with Gasteiger partial charge in [0.25, 0.3) is 0 Å². The number of rotatable bonds is 4. The number of aliphatic carboxylic acids is 1. The third-order valence-electron chi connectivity index (χ3n) is 1.56. The van der Waals surface area contributed by atoms with Gasteiger partial charge in [0.05, 0.1) is 7.95 Å². The molecule has 0 saturated heterocycles. The summed E-state index contributed by atoms with van der Waals surface area (Å²) in [7, 11) is 0. The highest BCUT2D eigenvalue weighted by atomic mass is 16.5. The lowest BCUT2D eigenvalue weighted by molar-refractivity contribution is -0.149. The van der Waals surface area contributed by atoms with Crippen molar-refractivity contribution in [1.82, 2.24) is 0 Å². The van der Waals surface area contributed by atoms with Crippen molar-refractivity contribution in [3.8, 4) is 0 Å². The van der Waals surface area contributed by atoms with E-state index in [4.69, 9.17) is 11.2 Å². The van der Waals surface area contributed by atoms with E-state index in [0.29, 0.717) is 5.56 Å². The molecule has 0 aromatic heterocycles. The largest absolute Gasteiger partial charge is 0.479 e. The smallest absolute Gasteiger partial charge is 0.332 e. The van der Waals surface area contributed by atoms with Crippen LogP contribution in [0.4, 0.5) is 0 Å². The molecule has 2 atom stereocenters. The van der Waals surface area contributed by atoms with Gasteiger partial charge in [0.15, 0.2) is 6.10 Å². The molecule has 0 bridgehead atoms. The molecule has 0 aliphatic rings. The van der Waals surface area contributed by atoms with Gasteiger partial charge in [-0.1, -0.05) is 30.3 Å². The van der Waals surface area contributed by atoms with Gasteiger partial charge < -0.3 is 9.84 Å². The lowest BCUT2D eigenvalue weighted by Crippen LogP contribution is -2.19. The molecule has 0 aliphatic heterocycles. The quantitative estimate of drug-likeness (QED) is 0.768. The van der Waals surface area contributed by atoms with Gasteiger partial charge in [0.2, 0.25) is 0 Å². The van der Waals surface area contributed by atoms with Crippen LogP contribution in [0.1, 0.15) is 13.9 Å². The summed E-state index contributed by atoms with van der Waals surface area (Å²) in [6.45, 7) is 0.467. The van der Waals surface area contributed by atoms with Gasteiger partial charge in [-0.2, -0.15) is 0 Å². The summed E-state index contributed by atoms with van der Waals surface area (Å²) >= 11 is 0. The maximum atomic E-state index is 10.5. The number of carboxylic acids is 1. The van der Waals surface area contributed by atoms with E-state index in [1.807, 2.05) is 6.07 Å². The topological polar surface area (TPSA) is 46.5 Å². The predicted molar refractivity (Wildman–Crippen MR) is 48.3 cm³/mol. The van der Waals surface area contributed by atoms with Gasteiger partial charge >= 0.3 is 5.97 Å². The second-order valence-corrected chi connectivity index (χ2v) is 2.65. The number of benzene rings is 1. The van der Waals surface area contributed by atoms with E-state index in [0.717, 1.165) is 0 Å². The molecule has 0 fully saturated rings. The zero-order valence-electron chi connectivity index (χ0n) is 8.31. The first kappa shape index (κ1) is 8.26. The van der Waals surface area contributed by atoms with Crippen LogP contribution in [0.15, 0.2) is 30.3 Å². The van der Waals surface area contributed by atoms with Gasteiger partial charge in [-0.3, -0.25) is 0 Å². The van der Waals surface area contributed by atoms with Crippen LogP contribution in [-0.2, 0) is 16.1 Å². The van der Waals surface area contributed by atoms with Gasteiger partial charge in [0.1, 0.15) is 0 Å². The second-order valence-electron chi connectivity index (χ2n) is 2.65. The van der Waals surface area contributed by atoms with Crippen LogP contribution >= 0.6 is 0 Å². The highest BCUT2D eigenvalue weighted by molar-refractivity contribution is 5.71. The van der Waals surface area contributed by atoms with Gasteiger partial charge in [-0.25, -0.2) is 4.79 Å². The van der Waals surface area contributed by atoms with Gasteiger partial charge in [0, 0.05) is 0 Å². The minimum atomic E-state index is -1.06. The molecule has 3 heteroatoms. The Morgan fingerprint density at radius 3 is 2.77 bits per heavy atom. The average Bonchev–Trinajstić information content (AvgIpc) is 2.19. The van der Waals surface area contributed by atoms with Crippen molar-refractivity contribution >= 4 is 5.97 Å². The fraction of sp³-hybridized carbons (Fsp3) is 0.300. The summed E-state index contributed by atoms with van der Waals surface area (Å²) in [6, 6.07) is 8.85. The molecule has 13 heavy (non-hydrogen) atoms. The lowest BCUT2D eigenvalue weighted by Gasteiger charge is -2.07. The van der Waals surface area contributed by atoms with Crippen LogP contribution in [0.2, 0.25) is 0 Å². The van der Waals surface area contributed by atoms with Crippen molar-refractivity contribution in [1.29, 1.82) is 0 Å². The van der Waals surface area contributed by atoms with Crippen LogP contribution in [0, 0.1) is 0 Å². The minimum absolute atomic E-state index is 0.653. The number of hydrogen-bond acceptors (Lipinski definition) is 2. The van der Waals surface area contributed by atoms with Crippen molar-refractivity contribution in [2.24, 2.45) is 0 Å². The van der Waals surface area contributed by atoms with Crippen LogP contribution < -0.4 is 0 Å². The molecule has 1 N–H and O–H groups in total. The molecule has 1 rings (SSSR count).